The Labute approximate surface area is 120 Å². The Morgan fingerprint density at radius 2 is 1.62 bits per heavy atom. The van der Waals surface area contributed by atoms with Crippen LogP contribution in [0.3, 0.4) is 0 Å². The van der Waals surface area contributed by atoms with Crippen LogP contribution in [-0.2, 0) is 11.2 Å². The Bertz CT molecular complexity index is 639. The van der Waals surface area contributed by atoms with Gasteiger partial charge >= 0.3 is 0 Å². The number of nitrogens with one attached hydrogen (secondary N) is 2. The molecule has 0 unspecified atom stereocenters. The zero-order chi connectivity index (χ0) is 15.2. The molecule has 0 bridgehead atoms. The molecule has 0 aliphatic heterocycles. The summed E-state index contributed by atoms with van der Waals surface area (Å²) < 4.78 is 12.8. The first-order chi connectivity index (χ1) is 10.1. The summed E-state index contributed by atoms with van der Waals surface area (Å²) in [5.74, 6) is -1.22. The molecule has 0 radical (unpaired) electrons. The number of rotatable bonds is 4. The maximum atomic E-state index is 12.8. The van der Waals surface area contributed by atoms with Crippen molar-refractivity contribution in [1.82, 2.24) is 5.48 Å². The molecule has 108 valence electrons. The summed E-state index contributed by atoms with van der Waals surface area (Å²) in [4.78, 5) is 23.0. The van der Waals surface area contributed by atoms with Gasteiger partial charge in [-0.05, 0) is 42.0 Å². The van der Waals surface area contributed by atoms with Crippen molar-refractivity contribution in [2.75, 3.05) is 5.32 Å². The predicted octanol–water partition coefficient (Wildman–Crippen LogP) is 2.13. The highest BCUT2D eigenvalue weighted by atomic mass is 19.1. The van der Waals surface area contributed by atoms with Crippen LogP contribution >= 0.6 is 0 Å². The van der Waals surface area contributed by atoms with Crippen LogP contribution in [0.5, 0.6) is 0 Å². The van der Waals surface area contributed by atoms with E-state index in [2.05, 4.69) is 5.32 Å². The van der Waals surface area contributed by atoms with E-state index < -0.39 is 5.91 Å². The van der Waals surface area contributed by atoms with Crippen molar-refractivity contribution in [2.45, 2.75) is 6.42 Å². The highest BCUT2D eigenvalue weighted by Gasteiger charge is 2.06. The van der Waals surface area contributed by atoms with Gasteiger partial charge < -0.3 is 5.32 Å². The van der Waals surface area contributed by atoms with Gasteiger partial charge in [-0.2, -0.15) is 0 Å². The molecular weight excluding hydrogens is 275 g/mol. The van der Waals surface area contributed by atoms with Crippen LogP contribution in [-0.4, -0.2) is 17.0 Å². The van der Waals surface area contributed by atoms with Crippen molar-refractivity contribution >= 4 is 17.5 Å². The molecule has 2 amide bonds. The molecule has 0 spiro atoms. The molecule has 0 heterocycles. The van der Waals surface area contributed by atoms with Gasteiger partial charge in [0.15, 0.2) is 0 Å². The average Bonchev–Trinajstić information content (AvgIpc) is 2.49. The number of hydrogen-bond acceptors (Lipinski definition) is 3. The van der Waals surface area contributed by atoms with E-state index in [1.54, 1.807) is 24.3 Å². The minimum Gasteiger partial charge on any atom is -0.326 e. The molecule has 0 aromatic heterocycles. The monoisotopic (exact) mass is 288 g/mol. The van der Waals surface area contributed by atoms with E-state index in [-0.39, 0.29) is 23.7 Å². The third kappa shape index (κ3) is 4.12. The van der Waals surface area contributed by atoms with E-state index in [0.29, 0.717) is 11.3 Å². The number of hydrogen-bond donors (Lipinski definition) is 3. The molecule has 2 rings (SSSR count). The third-order valence-corrected chi connectivity index (χ3v) is 2.81. The van der Waals surface area contributed by atoms with Gasteiger partial charge in [0.25, 0.3) is 5.91 Å². The average molecular weight is 288 g/mol. The Balaban J connectivity index is 1.96. The third-order valence-electron chi connectivity index (χ3n) is 2.81. The number of amides is 2. The quantitative estimate of drug-likeness (QED) is 0.595. The number of anilines is 1. The van der Waals surface area contributed by atoms with Gasteiger partial charge in [-0.1, -0.05) is 12.1 Å². The van der Waals surface area contributed by atoms with Crippen LogP contribution < -0.4 is 10.8 Å². The highest BCUT2D eigenvalue weighted by molar-refractivity contribution is 5.95. The molecule has 0 aliphatic carbocycles. The molecule has 6 heteroatoms. The molecule has 2 aromatic carbocycles. The number of benzene rings is 2. The number of carbonyl (C=O) groups is 2. The molecule has 5 nitrogen and oxygen atoms in total. The van der Waals surface area contributed by atoms with E-state index in [9.17, 15) is 14.0 Å². The maximum Gasteiger partial charge on any atom is 0.274 e. The van der Waals surface area contributed by atoms with Crippen LogP contribution in [0.2, 0.25) is 0 Å². The molecule has 0 aliphatic rings. The zero-order valence-corrected chi connectivity index (χ0v) is 11.0. The lowest BCUT2D eigenvalue weighted by atomic mass is 10.1. The summed E-state index contributed by atoms with van der Waals surface area (Å²) >= 11 is 0. The van der Waals surface area contributed by atoms with Crippen LogP contribution in [0.15, 0.2) is 48.5 Å². The number of hydroxylamine groups is 1. The van der Waals surface area contributed by atoms with E-state index in [4.69, 9.17) is 5.21 Å². The van der Waals surface area contributed by atoms with E-state index in [1.165, 1.54) is 29.7 Å². The second kappa shape index (κ2) is 6.62. The normalized spacial score (nSPS) is 10.0. The second-order valence-corrected chi connectivity index (χ2v) is 4.37. The molecule has 2 aromatic rings. The van der Waals surface area contributed by atoms with Gasteiger partial charge in [0.2, 0.25) is 5.91 Å². The van der Waals surface area contributed by atoms with Crippen molar-refractivity contribution < 1.29 is 19.2 Å². The molecule has 3 N–H and O–H groups in total. The smallest absolute Gasteiger partial charge is 0.274 e. The van der Waals surface area contributed by atoms with Crippen LogP contribution in [0.1, 0.15) is 15.9 Å². The zero-order valence-electron chi connectivity index (χ0n) is 11.0. The fourth-order valence-corrected chi connectivity index (χ4v) is 1.76. The van der Waals surface area contributed by atoms with Gasteiger partial charge in [-0.15, -0.1) is 0 Å². The van der Waals surface area contributed by atoms with E-state index >= 15 is 0 Å². The summed E-state index contributed by atoms with van der Waals surface area (Å²) in [7, 11) is 0. The van der Waals surface area contributed by atoms with Crippen molar-refractivity contribution in [2.24, 2.45) is 0 Å². The van der Waals surface area contributed by atoms with Crippen LogP contribution in [0.25, 0.3) is 0 Å². The topological polar surface area (TPSA) is 78.4 Å². The van der Waals surface area contributed by atoms with Crippen molar-refractivity contribution in [3.63, 3.8) is 0 Å². The SMILES string of the molecule is O=C(Cc1ccc(F)cc1)Nc1ccc(C(=O)NO)cc1. The maximum absolute atomic E-state index is 12.8. The summed E-state index contributed by atoms with van der Waals surface area (Å²) in [5.41, 5.74) is 3.02. The Hall–Kier alpha value is -2.73. The van der Waals surface area contributed by atoms with Crippen LogP contribution in [0, 0.1) is 5.82 Å². The highest BCUT2D eigenvalue weighted by Crippen LogP contribution is 2.11. The molecule has 0 atom stereocenters. The van der Waals surface area contributed by atoms with Gasteiger partial charge in [-0.25, -0.2) is 9.87 Å². The van der Waals surface area contributed by atoms with Gasteiger partial charge in [0.1, 0.15) is 5.82 Å². The van der Waals surface area contributed by atoms with Crippen molar-refractivity contribution in [1.29, 1.82) is 0 Å². The fourth-order valence-electron chi connectivity index (χ4n) is 1.76. The first-order valence-electron chi connectivity index (χ1n) is 6.17. The van der Waals surface area contributed by atoms with Crippen molar-refractivity contribution in [3.05, 3.63) is 65.5 Å². The fraction of sp³-hybridized carbons (Fsp3) is 0.0667. The predicted molar refractivity (Wildman–Crippen MR) is 74.4 cm³/mol. The number of halogens is 1. The Kier molecular flexibility index (Phi) is 4.63. The first kappa shape index (κ1) is 14.7. The van der Waals surface area contributed by atoms with E-state index in [0.717, 1.165) is 0 Å². The van der Waals surface area contributed by atoms with Gasteiger partial charge in [-0.3, -0.25) is 14.8 Å². The minimum atomic E-state index is -0.626. The van der Waals surface area contributed by atoms with Gasteiger partial charge in [0, 0.05) is 11.3 Å². The summed E-state index contributed by atoms with van der Waals surface area (Å²) in [6, 6.07) is 11.7. The standard InChI is InChI=1S/C15H13FN2O3/c16-12-5-1-10(2-6-12)9-14(19)17-13-7-3-11(4-8-13)15(20)18-21/h1-8,21H,9H2,(H,17,19)(H,18,20). The summed E-state index contributed by atoms with van der Waals surface area (Å²) in [6.45, 7) is 0. The number of carbonyl (C=O) groups excluding carboxylic acids is 2. The van der Waals surface area contributed by atoms with Gasteiger partial charge in [0.05, 0.1) is 6.42 Å². The van der Waals surface area contributed by atoms with Crippen LogP contribution in [0.4, 0.5) is 10.1 Å². The molecule has 21 heavy (non-hydrogen) atoms. The molecule has 0 saturated heterocycles. The largest absolute Gasteiger partial charge is 0.326 e. The second-order valence-electron chi connectivity index (χ2n) is 4.37. The summed E-state index contributed by atoms with van der Waals surface area (Å²) in [5, 5.41) is 11.2. The Morgan fingerprint density at radius 3 is 2.19 bits per heavy atom. The first-order valence-corrected chi connectivity index (χ1v) is 6.17. The molecule has 0 saturated carbocycles. The molecular formula is C15H13FN2O3. The van der Waals surface area contributed by atoms with Crippen molar-refractivity contribution in [3.8, 4) is 0 Å². The molecule has 0 fully saturated rings. The van der Waals surface area contributed by atoms with E-state index in [1.807, 2.05) is 0 Å². The lowest BCUT2D eigenvalue weighted by Gasteiger charge is -2.06. The summed E-state index contributed by atoms with van der Waals surface area (Å²) in [6.07, 6.45) is 0.124. The lowest BCUT2D eigenvalue weighted by molar-refractivity contribution is -0.115. The Morgan fingerprint density at radius 1 is 1.00 bits per heavy atom. The minimum absolute atomic E-state index is 0.124. The lowest BCUT2D eigenvalue weighted by Crippen LogP contribution is -2.18.